The van der Waals surface area contributed by atoms with Crippen LogP contribution in [0.5, 0.6) is 0 Å². The lowest BCUT2D eigenvalue weighted by Gasteiger charge is -2.19. The van der Waals surface area contributed by atoms with Crippen molar-refractivity contribution in [1.29, 1.82) is 0 Å². The van der Waals surface area contributed by atoms with E-state index in [2.05, 4.69) is 25.0 Å². The number of halogens is 2. The Morgan fingerprint density at radius 2 is 1.83 bits per heavy atom. The average Bonchev–Trinajstić information content (AvgIpc) is 2.61. The molecule has 0 aliphatic heterocycles. The number of anilines is 2. The summed E-state index contributed by atoms with van der Waals surface area (Å²) in [5, 5.41) is 12.7. The van der Waals surface area contributed by atoms with Crippen molar-refractivity contribution in [2.75, 3.05) is 22.9 Å². The monoisotopic (exact) mass is 459 g/mol. The third kappa shape index (κ3) is 7.66. The summed E-state index contributed by atoms with van der Waals surface area (Å²) in [7, 11) is -3.59. The first kappa shape index (κ1) is 24.2. The first-order valence-corrected chi connectivity index (χ1v) is 11.8. The van der Waals surface area contributed by atoms with Gasteiger partial charge in [-0.25, -0.2) is 12.8 Å². The Kier molecular flexibility index (Phi) is 8.34. The molecular formula is C19H27ClFN5O3S. The fourth-order valence-corrected chi connectivity index (χ4v) is 3.54. The molecular weight excluding hydrogens is 433 g/mol. The van der Waals surface area contributed by atoms with Crippen LogP contribution < -0.4 is 10.0 Å². The van der Waals surface area contributed by atoms with Gasteiger partial charge in [0.25, 0.3) is 0 Å². The molecule has 2 rings (SSSR count). The minimum Gasteiger partial charge on any atom is -0.394 e. The Balaban J connectivity index is 2.31. The number of aromatic nitrogens is 3. The van der Waals surface area contributed by atoms with Crippen molar-refractivity contribution in [3.63, 3.8) is 0 Å². The van der Waals surface area contributed by atoms with Gasteiger partial charge in [-0.05, 0) is 36.0 Å². The summed E-state index contributed by atoms with van der Waals surface area (Å²) in [5.41, 5.74) is 0.794. The molecule has 0 saturated heterocycles. The largest absolute Gasteiger partial charge is 0.394 e. The summed E-state index contributed by atoms with van der Waals surface area (Å²) < 4.78 is 39.0. The Labute approximate surface area is 181 Å². The first-order chi connectivity index (χ1) is 14.0. The van der Waals surface area contributed by atoms with E-state index in [1.165, 1.54) is 6.07 Å². The van der Waals surface area contributed by atoms with Gasteiger partial charge in [0.05, 0.1) is 23.9 Å². The molecule has 11 heteroatoms. The summed E-state index contributed by atoms with van der Waals surface area (Å²) in [4.78, 5) is 12.7. The lowest BCUT2D eigenvalue weighted by molar-refractivity contribution is 0.259. The maximum atomic E-state index is 13.4. The molecule has 8 nitrogen and oxygen atoms in total. The molecule has 0 aliphatic rings. The number of hydrogen-bond acceptors (Lipinski definition) is 7. The van der Waals surface area contributed by atoms with Crippen molar-refractivity contribution in [1.82, 2.24) is 15.0 Å². The summed E-state index contributed by atoms with van der Waals surface area (Å²) in [6.45, 7) is 5.82. The van der Waals surface area contributed by atoms with E-state index in [0.717, 1.165) is 11.8 Å². The predicted octanol–water partition coefficient (Wildman–Crippen LogP) is 3.20. The van der Waals surface area contributed by atoms with E-state index >= 15 is 0 Å². The lowest BCUT2D eigenvalue weighted by atomic mass is 9.97. The Morgan fingerprint density at radius 3 is 2.40 bits per heavy atom. The quantitative estimate of drug-likeness (QED) is 0.499. The predicted molar refractivity (Wildman–Crippen MR) is 116 cm³/mol. The summed E-state index contributed by atoms with van der Waals surface area (Å²) in [5.74, 6) is 0.0965. The second kappa shape index (κ2) is 10.3. The Hall–Kier alpha value is -2.04. The van der Waals surface area contributed by atoms with Gasteiger partial charge in [-0.2, -0.15) is 15.0 Å². The first-order valence-electron chi connectivity index (χ1n) is 9.52. The minimum atomic E-state index is -3.59. The van der Waals surface area contributed by atoms with Gasteiger partial charge < -0.3 is 10.4 Å². The van der Waals surface area contributed by atoms with Crippen LogP contribution in [0.25, 0.3) is 0 Å². The molecule has 0 amide bonds. The van der Waals surface area contributed by atoms with Crippen LogP contribution in [0.3, 0.4) is 0 Å². The Morgan fingerprint density at radius 1 is 1.17 bits per heavy atom. The fourth-order valence-electron chi connectivity index (χ4n) is 2.93. The normalized spacial score (nSPS) is 13.9. The number of sulfonamides is 1. The highest BCUT2D eigenvalue weighted by Gasteiger charge is 2.17. The standard InChI is InChI=1S/C19H27ClFN5O3S/c1-11(2)7-14(10-27)22-18-23-17(24-19(25-18)26-30(4,28)29)8-12(3)13-5-6-16(21)15(20)9-13/h5-6,9,11-12,14,27H,7-8,10H2,1-4H3,(H2,22,23,24,25,26)/t12-,14-/m1/s1. The summed E-state index contributed by atoms with van der Waals surface area (Å²) >= 11 is 5.87. The number of nitrogens with zero attached hydrogens (tertiary/aromatic N) is 3. The third-order valence-electron chi connectivity index (χ3n) is 4.27. The van der Waals surface area contributed by atoms with Crippen molar-refractivity contribution in [2.24, 2.45) is 5.92 Å². The van der Waals surface area contributed by atoms with Gasteiger partial charge in [0.15, 0.2) is 0 Å². The van der Waals surface area contributed by atoms with Crippen LogP contribution in [0, 0.1) is 11.7 Å². The van der Waals surface area contributed by atoms with E-state index in [1.807, 2.05) is 20.8 Å². The van der Waals surface area contributed by atoms with E-state index in [1.54, 1.807) is 12.1 Å². The minimum absolute atomic E-state index is 0.0243. The van der Waals surface area contributed by atoms with Crippen molar-refractivity contribution < 1.29 is 17.9 Å². The summed E-state index contributed by atoms with van der Waals surface area (Å²) in [6, 6.07) is 4.18. The highest BCUT2D eigenvalue weighted by atomic mass is 35.5. The second-order valence-corrected chi connectivity index (χ2v) is 9.86. The highest BCUT2D eigenvalue weighted by molar-refractivity contribution is 7.91. The zero-order valence-electron chi connectivity index (χ0n) is 17.4. The van der Waals surface area contributed by atoms with Crippen LogP contribution in [0.2, 0.25) is 5.02 Å². The maximum absolute atomic E-state index is 13.4. The molecule has 2 aromatic rings. The van der Waals surface area contributed by atoms with Crippen LogP contribution >= 0.6 is 11.6 Å². The van der Waals surface area contributed by atoms with Crippen LogP contribution in [-0.2, 0) is 16.4 Å². The molecule has 0 fully saturated rings. The zero-order chi connectivity index (χ0) is 22.5. The number of hydrogen-bond donors (Lipinski definition) is 3. The molecule has 0 bridgehead atoms. The molecule has 1 aromatic carbocycles. The number of aliphatic hydroxyl groups excluding tert-OH is 1. The van der Waals surface area contributed by atoms with Gasteiger partial charge in [0.1, 0.15) is 11.6 Å². The van der Waals surface area contributed by atoms with Gasteiger partial charge in [0, 0.05) is 6.42 Å². The van der Waals surface area contributed by atoms with Crippen LogP contribution in [0.4, 0.5) is 16.3 Å². The maximum Gasteiger partial charge on any atom is 0.241 e. The molecule has 1 aromatic heterocycles. The molecule has 2 atom stereocenters. The molecule has 0 saturated carbocycles. The van der Waals surface area contributed by atoms with Gasteiger partial charge in [-0.1, -0.05) is 38.4 Å². The zero-order valence-corrected chi connectivity index (χ0v) is 18.9. The van der Waals surface area contributed by atoms with Gasteiger partial charge in [0.2, 0.25) is 21.9 Å². The number of nitrogens with one attached hydrogen (secondary N) is 2. The van der Waals surface area contributed by atoms with E-state index < -0.39 is 15.8 Å². The van der Waals surface area contributed by atoms with Crippen molar-refractivity contribution in [3.05, 3.63) is 40.4 Å². The lowest BCUT2D eigenvalue weighted by Crippen LogP contribution is -2.27. The van der Waals surface area contributed by atoms with E-state index in [9.17, 15) is 17.9 Å². The van der Waals surface area contributed by atoms with Crippen molar-refractivity contribution in [3.8, 4) is 0 Å². The van der Waals surface area contributed by atoms with Crippen LogP contribution in [-0.4, -0.2) is 47.4 Å². The molecule has 0 radical (unpaired) electrons. The number of aliphatic hydroxyl groups is 1. The SMILES string of the molecule is CC(C)C[C@H](CO)Nc1nc(C[C@@H](C)c2ccc(F)c(Cl)c2)nc(NS(C)(=O)=O)n1. The van der Waals surface area contributed by atoms with Gasteiger partial charge in [-0.15, -0.1) is 0 Å². The fraction of sp³-hybridized carbons (Fsp3) is 0.526. The molecule has 0 aliphatic carbocycles. The molecule has 1 heterocycles. The van der Waals surface area contributed by atoms with Gasteiger partial charge in [-0.3, -0.25) is 4.72 Å². The van der Waals surface area contributed by atoms with E-state index in [-0.39, 0.29) is 35.5 Å². The summed E-state index contributed by atoms with van der Waals surface area (Å²) in [6.07, 6.45) is 2.02. The third-order valence-corrected chi connectivity index (χ3v) is 5.11. The Bertz CT molecular complexity index is 975. The number of benzene rings is 1. The van der Waals surface area contributed by atoms with Crippen molar-refractivity contribution in [2.45, 2.75) is 45.6 Å². The molecule has 3 N–H and O–H groups in total. The average molecular weight is 460 g/mol. The molecule has 0 spiro atoms. The molecule has 0 unspecified atom stereocenters. The van der Waals surface area contributed by atoms with E-state index in [4.69, 9.17) is 11.6 Å². The van der Waals surface area contributed by atoms with Crippen molar-refractivity contribution >= 4 is 33.5 Å². The second-order valence-electron chi connectivity index (χ2n) is 7.71. The number of rotatable bonds is 10. The highest BCUT2D eigenvalue weighted by Crippen LogP contribution is 2.25. The molecule has 30 heavy (non-hydrogen) atoms. The van der Waals surface area contributed by atoms with Crippen LogP contribution in [0.15, 0.2) is 18.2 Å². The van der Waals surface area contributed by atoms with Crippen LogP contribution in [0.1, 0.15) is 44.5 Å². The van der Waals surface area contributed by atoms with E-state index in [0.29, 0.717) is 24.6 Å². The topological polar surface area (TPSA) is 117 Å². The smallest absolute Gasteiger partial charge is 0.241 e. The molecule has 166 valence electrons. The van der Waals surface area contributed by atoms with Gasteiger partial charge >= 0.3 is 0 Å².